The minimum Gasteiger partial charge on any atom is -0.318 e. The van der Waals surface area contributed by atoms with E-state index in [1.807, 2.05) is 5.43 Å². The van der Waals surface area contributed by atoms with Crippen molar-refractivity contribution < 1.29 is 14.0 Å². The molecule has 2 rings (SSSR count). The number of benzene rings is 2. The molecule has 0 spiro atoms. The van der Waals surface area contributed by atoms with Gasteiger partial charge in [0, 0.05) is 11.3 Å². The van der Waals surface area contributed by atoms with E-state index in [0.717, 1.165) is 12.1 Å². The summed E-state index contributed by atoms with van der Waals surface area (Å²) in [5.41, 5.74) is 2.74. The quantitative estimate of drug-likeness (QED) is 0.505. The van der Waals surface area contributed by atoms with Crippen LogP contribution in [-0.2, 0) is 9.59 Å². The lowest BCUT2D eigenvalue weighted by Crippen LogP contribution is -2.32. The van der Waals surface area contributed by atoms with Crippen LogP contribution in [0.15, 0.2) is 47.6 Å². The van der Waals surface area contributed by atoms with E-state index in [1.54, 1.807) is 18.2 Å². The minimum absolute atomic E-state index is 0.282. The second-order valence-electron chi connectivity index (χ2n) is 4.30. The zero-order chi connectivity index (χ0) is 16.8. The molecule has 0 aliphatic rings. The van der Waals surface area contributed by atoms with Crippen molar-refractivity contribution in [2.75, 3.05) is 5.32 Å². The number of halogens is 3. The summed E-state index contributed by atoms with van der Waals surface area (Å²) in [6, 6.07) is 9.85. The van der Waals surface area contributed by atoms with Crippen molar-refractivity contribution in [2.45, 2.75) is 0 Å². The summed E-state index contributed by atoms with van der Waals surface area (Å²) < 4.78 is 12.7. The van der Waals surface area contributed by atoms with E-state index in [0.29, 0.717) is 15.6 Å². The van der Waals surface area contributed by atoms with Crippen molar-refractivity contribution in [3.8, 4) is 0 Å². The smallest absolute Gasteiger partial charge is 0.318 e. The topological polar surface area (TPSA) is 70.6 Å². The van der Waals surface area contributed by atoms with Gasteiger partial charge in [0.05, 0.1) is 16.3 Å². The van der Waals surface area contributed by atoms with Gasteiger partial charge in [0.2, 0.25) is 0 Å². The van der Waals surface area contributed by atoms with E-state index in [9.17, 15) is 14.0 Å². The molecule has 2 N–H and O–H groups in total. The van der Waals surface area contributed by atoms with Gasteiger partial charge in [-0.1, -0.05) is 29.3 Å². The molecule has 2 aromatic carbocycles. The highest BCUT2D eigenvalue weighted by molar-refractivity contribution is 6.40. The Morgan fingerprint density at radius 1 is 1.00 bits per heavy atom. The van der Waals surface area contributed by atoms with Gasteiger partial charge in [-0.2, -0.15) is 5.10 Å². The summed E-state index contributed by atoms with van der Waals surface area (Å²) in [6.07, 6.45) is 1.23. The van der Waals surface area contributed by atoms with E-state index in [1.165, 1.54) is 18.3 Å². The number of nitrogens with one attached hydrogen (secondary N) is 2. The van der Waals surface area contributed by atoms with Crippen molar-refractivity contribution >= 4 is 46.9 Å². The first-order valence-corrected chi connectivity index (χ1v) is 7.07. The number of hydrazone groups is 1. The molecule has 5 nitrogen and oxygen atoms in total. The van der Waals surface area contributed by atoms with Gasteiger partial charge in [0.25, 0.3) is 0 Å². The van der Waals surface area contributed by atoms with Gasteiger partial charge in [-0.25, -0.2) is 9.82 Å². The van der Waals surface area contributed by atoms with Crippen LogP contribution in [0.25, 0.3) is 0 Å². The Morgan fingerprint density at radius 2 is 1.61 bits per heavy atom. The Morgan fingerprint density at radius 3 is 2.22 bits per heavy atom. The Balaban J connectivity index is 1.95. The highest BCUT2D eigenvalue weighted by atomic mass is 35.5. The number of nitrogens with zero attached hydrogens (tertiary/aromatic N) is 1. The summed E-state index contributed by atoms with van der Waals surface area (Å²) in [7, 11) is 0. The maximum absolute atomic E-state index is 12.7. The normalized spacial score (nSPS) is 10.6. The van der Waals surface area contributed by atoms with Crippen LogP contribution in [0.2, 0.25) is 10.0 Å². The van der Waals surface area contributed by atoms with Crippen molar-refractivity contribution in [1.29, 1.82) is 0 Å². The molecular formula is C15H10Cl2FN3O2. The van der Waals surface area contributed by atoms with Crippen LogP contribution < -0.4 is 10.7 Å². The van der Waals surface area contributed by atoms with Crippen LogP contribution in [0.1, 0.15) is 5.56 Å². The molecule has 0 aliphatic heterocycles. The van der Waals surface area contributed by atoms with Crippen LogP contribution in [0.5, 0.6) is 0 Å². The predicted molar refractivity (Wildman–Crippen MR) is 87.2 cm³/mol. The Kier molecular flexibility index (Phi) is 5.67. The molecule has 0 saturated heterocycles. The molecule has 0 unspecified atom stereocenters. The van der Waals surface area contributed by atoms with E-state index < -0.39 is 17.6 Å². The van der Waals surface area contributed by atoms with Gasteiger partial charge in [-0.3, -0.25) is 9.59 Å². The Hall–Kier alpha value is -2.44. The van der Waals surface area contributed by atoms with Crippen molar-refractivity contribution in [1.82, 2.24) is 5.43 Å². The number of rotatable bonds is 3. The molecule has 0 heterocycles. The fraction of sp³-hybridized carbons (Fsp3) is 0. The van der Waals surface area contributed by atoms with Crippen LogP contribution in [0.3, 0.4) is 0 Å². The SMILES string of the molecule is O=C(NN=Cc1c(Cl)cccc1Cl)C(=O)Nc1ccc(F)cc1. The van der Waals surface area contributed by atoms with Gasteiger partial charge in [0.1, 0.15) is 5.82 Å². The molecule has 0 bridgehead atoms. The van der Waals surface area contributed by atoms with Crippen molar-refractivity contribution in [3.63, 3.8) is 0 Å². The van der Waals surface area contributed by atoms with Crippen LogP contribution in [0.4, 0.5) is 10.1 Å². The summed E-state index contributed by atoms with van der Waals surface area (Å²) in [5, 5.41) is 6.63. The monoisotopic (exact) mass is 353 g/mol. The van der Waals surface area contributed by atoms with Crippen LogP contribution in [-0.4, -0.2) is 18.0 Å². The van der Waals surface area contributed by atoms with Crippen molar-refractivity contribution in [3.05, 3.63) is 63.9 Å². The molecule has 0 saturated carbocycles. The Bertz CT molecular complexity index is 744. The average molecular weight is 354 g/mol. The lowest BCUT2D eigenvalue weighted by molar-refractivity contribution is -0.136. The van der Waals surface area contributed by atoms with Gasteiger partial charge in [-0.05, 0) is 36.4 Å². The summed E-state index contributed by atoms with van der Waals surface area (Å²) in [6.45, 7) is 0. The molecule has 0 atom stereocenters. The molecule has 2 aromatic rings. The van der Waals surface area contributed by atoms with E-state index in [4.69, 9.17) is 23.2 Å². The largest absolute Gasteiger partial charge is 0.329 e. The summed E-state index contributed by atoms with van der Waals surface area (Å²) in [4.78, 5) is 23.2. The number of amides is 2. The molecule has 118 valence electrons. The second-order valence-corrected chi connectivity index (χ2v) is 5.11. The predicted octanol–water partition coefficient (Wildman–Crippen LogP) is 3.22. The molecular weight excluding hydrogens is 344 g/mol. The third-order valence-corrected chi connectivity index (χ3v) is 3.33. The molecule has 8 heteroatoms. The number of carbonyl (C=O) groups is 2. The van der Waals surface area contributed by atoms with Gasteiger partial charge in [-0.15, -0.1) is 0 Å². The van der Waals surface area contributed by atoms with Crippen LogP contribution in [0, 0.1) is 5.82 Å². The zero-order valence-electron chi connectivity index (χ0n) is 11.5. The summed E-state index contributed by atoms with van der Waals surface area (Å²) in [5.74, 6) is -2.39. The van der Waals surface area contributed by atoms with E-state index in [2.05, 4.69) is 10.4 Å². The minimum atomic E-state index is -0.992. The molecule has 0 radical (unpaired) electrons. The summed E-state index contributed by atoms with van der Waals surface area (Å²) >= 11 is 11.9. The average Bonchev–Trinajstić information content (AvgIpc) is 2.52. The van der Waals surface area contributed by atoms with E-state index >= 15 is 0 Å². The third-order valence-electron chi connectivity index (χ3n) is 2.67. The first-order chi connectivity index (χ1) is 11.0. The first kappa shape index (κ1) is 16.9. The van der Waals surface area contributed by atoms with Gasteiger partial charge in [0.15, 0.2) is 0 Å². The second kappa shape index (κ2) is 7.71. The van der Waals surface area contributed by atoms with Gasteiger partial charge >= 0.3 is 11.8 Å². The number of anilines is 1. The highest BCUT2D eigenvalue weighted by Crippen LogP contribution is 2.21. The fourth-order valence-electron chi connectivity index (χ4n) is 1.56. The Labute approximate surface area is 141 Å². The lowest BCUT2D eigenvalue weighted by atomic mass is 10.2. The number of carbonyl (C=O) groups excluding carboxylic acids is 2. The van der Waals surface area contributed by atoms with E-state index in [-0.39, 0.29) is 5.69 Å². The maximum atomic E-state index is 12.7. The van der Waals surface area contributed by atoms with Crippen molar-refractivity contribution in [2.24, 2.45) is 5.10 Å². The van der Waals surface area contributed by atoms with Gasteiger partial charge < -0.3 is 5.32 Å². The highest BCUT2D eigenvalue weighted by Gasteiger charge is 2.13. The fourth-order valence-corrected chi connectivity index (χ4v) is 2.06. The number of hydrogen-bond donors (Lipinski definition) is 2. The van der Waals surface area contributed by atoms with Crippen LogP contribution >= 0.6 is 23.2 Å². The molecule has 2 amide bonds. The standard InChI is InChI=1S/C15H10Cl2FN3O2/c16-12-2-1-3-13(17)11(12)8-19-21-15(23)14(22)20-10-6-4-9(18)5-7-10/h1-8H,(H,20,22)(H,21,23). The molecule has 0 fully saturated rings. The zero-order valence-corrected chi connectivity index (χ0v) is 13.0. The third kappa shape index (κ3) is 4.77. The number of hydrogen-bond acceptors (Lipinski definition) is 3. The first-order valence-electron chi connectivity index (χ1n) is 6.31. The lowest BCUT2D eigenvalue weighted by Gasteiger charge is -2.04. The molecule has 23 heavy (non-hydrogen) atoms. The molecule has 0 aliphatic carbocycles. The molecule has 0 aromatic heterocycles. The maximum Gasteiger partial charge on any atom is 0.329 e.